The molecule has 106 valence electrons. The molecule has 0 bridgehead atoms. The summed E-state index contributed by atoms with van der Waals surface area (Å²) in [5.41, 5.74) is -0.117. The minimum Gasteiger partial charge on any atom is -0.354 e. The molecule has 1 rings (SSSR count). The lowest BCUT2D eigenvalue weighted by Gasteiger charge is -2.35. The Labute approximate surface area is 111 Å². The zero-order valence-electron chi connectivity index (χ0n) is 12.2. The van der Waals surface area contributed by atoms with Crippen molar-refractivity contribution >= 4 is 5.91 Å². The molecule has 0 aromatic rings. The fourth-order valence-corrected chi connectivity index (χ4v) is 2.70. The number of nitrogens with zero attached hydrogens (tertiary/aromatic N) is 1. The maximum absolute atomic E-state index is 12.4. The van der Waals surface area contributed by atoms with E-state index in [1.165, 1.54) is 0 Å². The molecule has 1 aliphatic rings. The van der Waals surface area contributed by atoms with Crippen LogP contribution in [-0.4, -0.2) is 50.1 Å². The van der Waals surface area contributed by atoms with Crippen LogP contribution in [0.3, 0.4) is 0 Å². The molecule has 0 saturated carbocycles. The fraction of sp³-hybridized carbons (Fsp3) is 0.929. The molecule has 0 atom stereocenters. The highest BCUT2D eigenvalue weighted by molar-refractivity contribution is 5.82. The molecule has 18 heavy (non-hydrogen) atoms. The Kier molecular flexibility index (Phi) is 6.65. The van der Waals surface area contributed by atoms with E-state index >= 15 is 0 Å². The van der Waals surface area contributed by atoms with Crippen molar-refractivity contribution < 1.29 is 4.79 Å². The smallest absolute Gasteiger partial charge is 0.226 e. The highest BCUT2D eigenvalue weighted by atomic mass is 16.2. The van der Waals surface area contributed by atoms with Crippen molar-refractivity contribution in [3.63, 3.8) is 0 Å². The first kappa shape index (κ1) is 15.4. The Morgan fingerprint density at radius 3 is 2.33 bits per heavy atom. The second-order valence-electron chi connectivity index (χ2n) is 5.17. The van der Waals surface area contributed by atoms with Crippen molar-refractivity contribution in [2.24, 2.45) is 5.41 Å². The van der Waals surface area contributed by atoms with Gasteiger partial charge in [0.1, 0.15) is 0 Å². The summed E-state index contributed by atoms with van der Waals surface area (Å²) in [6.07, 6.45) is 2.90. The van der Waals surface area contributed by atoms with E-state index < -0.39 is 0 Å². The van der Waals surface area contributed by atoms with Gasteiger partial charge < -0.3 is 15.5 Å². The van der Waals surface area contributed by atoms with Crippen molar-refractivity contribution in [2.75, 3.05) is 39.3 Å². The predicted octanol–water partition coefficient (Wildman–Crippen LogP) is 1.22. The second-order valence-corrected chi connectivity index (χ2v) is 5.17. The van der Waals surface area contributed by atoms with Crippen LogP contribution in [0, 0.1) is 5.41 Å². The van der Waals surface area contributed by atoms with Crippen LogP contribution in [0.5, 0.6) is 0 Å². The van der Waals surface area contributed by atoms with E-state index in [4.69, 9.17) is 0 Å². The number of piperidine rings is 1. The van der Waals surface area contributed by atoms with E-state index in [0.29, 0.717) is 0 Å². The maximum Gasteiger partial charge on any atom is 0.226 e. The monoisotopic (exact) mass is 255 g/mol. The highest BCUT2D eigenvalue weighted by Crippen LogP contribution is 2.32. The average molecular weight is 255 g/mol. The van der Waals surface area contributed by atoms with Crippen molar-refractivity contribution in [3.8, 4) is 0 Å². The van der Waals surface area contributed by atoms with Gasteiger partial charge >= 0.3 is 0 Å². The minimum atomic E-state index is -0.117. The molecule has 4 nitrogen and oxygen atoms in total. The highest BCUT2D eigenvalue weighted by Gasteiger charge is 2.37. The van der Waals surface area contributed by atoms with Gasteiger partial charge in [0.2, 0.25) is 5.91 Å². The number of amides is 1. The van der Waals surface area contributed by atoms with E-state index in [1.54, 1.807) is 0 Å². The van der Waals surface area contributed by atoms with Crippen LogP contribution in [0.4, 0.5) is 0 Å². The zero-order valence-corrected chi connectivity index (χ0v) is 12.2. The molecule has 0 spiro atoms. The van der Waals surface area contributed by atoms with Crippen molar-refractivity contribution in [1.29, 1.82) is 0 Å². The van der Waals surface area contributed by atoms with Crippen LogP contribution in [0.25, 0.3) is 0 Å². The first-order chi connectivity index (χ1) is 8.68. The summed E-state index contributed by atoms with van der Waals surface area (Å²) in [5.74, 6) is 0.263. The summed E-state index contributed by atoms with van der Waals surface area (Å²) >= 11 is 0. The van der Waals surface area contributed by atoms with Gasteiger partial charge in [-0.05, 0) is 45.4 Å². The zero-order chi connectivity index (χ0) is 13.4. The molecule has 0 radical (unpaired) electrons. The number of carbonyl (C=O) groups excluding carboxylic acids is 1. The van der Waals surface area contributed by atoms with Crippen molar-refractivity contribution in [2.45, 2.75) is 40.0 Å². The van der Waals surface area contributed by atoms with Crippen LogP contribution in [0.15, 0.2) is 0 Å². The Morgan fingerprint density at radius 2 is 1.83 bits per heavy atom. The van der Waals surface area contributed by atoms with Gasteiger partial charge in [0.25, 0.3) is 0 Å². The van der Waals surface area contributed by atoms with E-state index in [9.17, 15) is 4.79 Å². The number of hydrogen-bond acceptors (Lipinski definition) is 3. The summed E-state index contributed by atoms with van der Waals surface area (Å²) in [5, 5.41) is 6.47. The van der Waals surface area contributed by atoms with Gasteiger partial charge in [0, 0.05) is 13.1 Å². The second kappa shape index (κ2) is 7.74. The molecule has 0 unspecified atom stereocenters. The fourth-order valence-electron chi connectivity index (χ4n) is 2.70. The molecule has 1 fully saturated rings. The Hall–Kier alpha value is -0.610. The van der Waals surface area contributed by atoms with Gasteiger partial charge in [0.05, 0.1) is 5.41 Å². The van der Waals surface area contributed by atoms with Crippen molar-refractivity contribution in [3.05, 3.63) is 0 Å². The number of hydrogen-bond donors (Lipinski definition) is 2. The van der Waals surface area contributed by atoms with Crippen LogP contribution in [0.1, 0.15) is 40.0 Å². The molecule has 1 saturated heterocycles. The third kappa shape index (κ3) is 3.95. The molecule has 0 aliphatic carbocycles. The SMILES string of the molecule is CCN(CC)CCNC(=O)C1(CC)CCNCC1. The lowest BCUT2D eigenvalue weighted by Crippen LogP contribution is -2.48. The van der Waals surface area contributed by atoms with E-state index in [1.807, 2.05) is 0 Å². The lowest BCUT2D eigenvalue weighted by molar-refractivity contribution is -0.132. The molecule has 4 heteroatoms. The molecule has 2 N–H and O–H groups in total. The maximum atomic E-state index is 12.4. The van der Waals surface area contributed by atoms with Gasteiger partial charge in [-0.1, -0.05) is 20.8 Å². The lowest BCUT2D eigenvalue weighted by atomic mass is 9.76. The van der Waals surface area contributed by atoms with Gasteiger partial charge in [0.15, 0.2) is 0 Å². The molecule has 1 amide bonds. The standard InChI is InChI=1S/C14H29N3O/c1-4-14(7-9-15-10-8-14)13(18)16-11-12-17(5-2)6-3/h15H,4-12H2,1-3H3,(H,16,18). The Morgan fingerprint density at radius 1 is 1.22 bits per heavy atom. The number of nitrogens with one attached hydrogen (secondary N) is 2. The van der Waals surface area contributed by atoms with E-state index in [2.05, 4.69) is 36.3 Å². The van der Waals surface area contributed by atoms with Crippen LogP contribution >= 0.6 is 0 Å². The predicted molar refractivity (Wildman–Crippen MR) is 75.6 cm³/mol. The topological polar surface area (TPSA) is 44.4 Å². The van der Waals surface area contributed by atoms with Crippen LogP contribution < -0.4 is 10.6 Å². The molecule has 0 aromatic carbocycles. The quantitative estimate of drug-likeness (QED) is 0.719. The van der Waals surface area contributed by atoms with E-state index in [-0.39, 0.29) is 11.3 Å². The number of rotatable bonds is 7. The third-order valence-electron chi connectivity index (χ3n) is 4.33. The number of likely N-dealkylation sites (N-methyl/N-ethyl adjacent to an activating group) is 1. The summed E-state index contributed by atoms with van der Waals surface area (Å²) in [4.78, 5) is 14.7. The molecule has 0 aromatic heterocycles. The summed E-state index contributed by atoms with van der Waals surface area (Å²) in [6.45, 7) is 12.2. The van der Waals surface area contributed by atoms with Gasteiger partial charge in [-0.2, -0.15) is 0 Å². The van der Waals surface area contributed by atoms with Crippen LogP contribution in [-0.2, 0) is 4.79 Å². The minimum absolute atomic E-state index is 0.117. The van der Waals surface area contributed by atoms with Gasteiger partial charge in [-0.15, -0.1) is 0 Å². The molecular weight excluding hydrogens is 226 g/mol. The van der Waals surface area contributed by atoms with Crippen LogP contribution in [0.2, 0.25) is 0 Å². The largest absolute Gasteiger partial charge is 0.354 e. The average Bonchev–Trinajstić information content (AvgIpc) is 2.44. The molecule has 1 aliphatic heterocycles. The summed E-state index contributed by atoms with van der Waals surface area (Å²) < 4.78 is 0. The first-order valence-electron chi connectivity index (χ1n) is 7.40. The summed E-state index contributed by atoms with van der Waals surface area (Å²) in [6, 6.07) is 0. The Bertz CT molecular complexity index is 245. The Balaban J connectivity index is 2.38. The summed E-state index contributed by atoms with van der Waals surface area (Å²) in [7, 11) is 0. The van der Waals surface area contributed by atoms with Gasteiger partial charge in [-0.25, -0.2) is 0 Å². The van der Waals surface area contributed by atoms with Gasteiger partial charge in [-0.3, -0.25) is 4.79 Å². The normalized spacial score (nSPS) is 18.9. The first-order valence-corrected chi connectivity index (χ1v) is 7.40. The number of carbonyl (C=O) groups is 1. The van der Waals surface area contributed by atoms with E-state index in [0.717, 1.165) is 58.5 Å². The molecular formula is C14H29N3O. The van der Waals surface area contributed by atoms with Crippen molar-refractivity contribution in [1.82, 2.24) is 15.5 Å². The third-order valence-corrected chi connectivity index (χ3v) is 4.33. The molecule has 1 heterocycles.